The second-order valence-electron chi connectivity index (χ2n) is 5.87. The molecule has 0 aliphatic heterocycles. The van der Waals surface area contributed by atoms with Crippen LogP contribution in [0.1, 0.15) is 11.1 Å². The van der Waals surface area contributed by atoms with E-state index in [4.69, 9.17) is 9.47 Å². The Kier molecular flexibility index (Phi) is 9.18. The van der Waals surface area contributed by atoms with Crippen LogP contribution in [-0.4, -0.2) is 48.1 Å². The molecule has 0 radical (unpaired) electrons. The first-order chi connectivity index (χ1) is 12.6. The maximum absolute atomic E-state index is 10.1. The summed E-state index contributed by atoms with van der Waals surface area (Å²) in [7, 11) is 3.30. The van der Waals surface area contributed by atoms with E-state index in [0.29, 0.717) is 11.5 Å². The fourth-order valence-electron chi connectivity index (χ4n) is 2.34. The van der Waals surface area contributed by atoms with Crippen LogP contribution in [0, 0.1) is 0 Å². The van der Waals surface area contributed by atoms with Crippen LogP contribution >= 0.6 is 23.5 Å². The summed E-state index contributed by atoms with van der Waals surface area (Å²) in [5.41, 5.74) is 2.28. The van der Waals surface area contributed by atoms with E-state index in [-0.39, 0.29) is 0 Å². The van der Waals surface area contributed by atoms with Gasteiger partial charge >= 0.3 is 0 Å². The predicted octanol–water partition coefficient (Wildman–Crippen LogP) is 3.59. The maximum Gasteiger partial charge on any atom is 0.119 e. The van der Waals surface area contributed by atoms with Gasteiger partial charge in [0.15, 0.2) is 0 Å². The third-order valence-corrected chi connectivity index (χ3v) is 6.06. The van der Waals surface area contributed by atoms with E-state index in [1.165, 1.54) is 0 Å². The number of benzene rings is 2. The van der Waals surface area contributed by atoms with E-state index in [9.17, 15) is 10.2 Å². The van der Waals surface area contributed by atoms with Crippen molar-refractivity contribution in [2.75, 3.05) is 25.7 Å². The summed E-state index contributed by atoms with van der Waals surface area (Å²) in [6, 6.07) is 15.8. The van der Waals surface area contributed by atoms with E-state index in [2.05, 4.69) is 0 Å². The smallest absolute Gasteiger partial charge is 0.119 e. The van der Waals surface area contributed by atoms with Crippen molar-refractivity contribution in [1.29, 1.82) is 0 Å². The van der Waals surface area contributed by atoms with Crippen molar-refractivity contribution in [2.24, 2.45) is 0 Å². The summed E-state index contributed by atoms with van der Waals surface area (Å²) in [5.74, 6) is 4.21. The number of aliphatic hydroxyl groups is 2. The molecule has 0 heterocycles. The SMILES string of the molecule is COc1cccc(CSC[C@H](O)[C@@H](O)CSCc2cccc(OC)c2)c1. The lowest BCUT2D eigenvalue weighted by Gasteiger charge is -2.17. The molecule has 0 saturated heterocycles. The molecule has 0 saturated carbocycles. The van der Waals surface area contributed by atoms with Crippen LogP contribution in [0.3, 0.4) is 0 Å². The zero-order chi connectivity index (χ0) is 18.8. The standard InChI is InChI=1S/C20H26O4S2/c1-23-17-7-3-5-15(9-17)11-25-13-19(21)20(22)14-26-12-16-6-4-8-18(10-16)24-2/h3-10,19-22H,11-14H2,1-2H3/t19-,20-/m0/s1. The van der Waals surface area contributed by atoms with Crippen LogP contribution in [-0.2, 0) is 11.5 Å². The molecule has 2 aromatic carbocycles. The number of methoxy groups -OCH3 is 2. The Labute approximate surface area is 163 Å². The fraction of sp³-hybridized carbons (Fsp3) is 0.400. The molecule has 0 fully saturated rings. The first kappa shape index (κ1) is 21.0. The van der Waals surface area contributed by atoms with E-state index >= 15 is 0 Å². The van der Waals surface area contributed by atoms with E-state index in [1.54, 1.807) is 37.7 Å². The van der Waals surface area contributed by atoms with Crippen LogP contribution in [0.4, 0.5) is 0 Å². The van der Waals surface area contributed by atoms with Crippen LogP contribution in [0.5, 0.6) is 11.5 Å². The van der Waals surface area contributed by atoms with Crippen molar-refractivity contribution in [1.82, 2.24) is 0 Å². The fourth-order valence-corrected chi connectivity index (χ4v) is 4.34. The molecule has 0 aliphatic rings. The lowest BCUT2D eigenvalue weighted by atomic mass is 10.2. The number of hydrogen-bond acceptors (Lipinski definition) is 6. The predicted molar refractivity (Wildman–Crippen MR) is 110 cm³/mol. The normalized spacial score (nSPS) is 13.2. The molecule has 26 heavy (non-hydrogen) atoms. The Morgan fingerprint density at radius 2 is 1.19 bits per heavy atom. The van der Waals surface area contributed by atoms with Crippen molar-refractivity contribution in [2.45, 2.75) is 23.7 Å². The number of rotatable bonds is 11. The quantitative estimate of drug-likeness (QED) is 0.607. The number of aliphatic hydroxyl groups excluding tert-OH is 2. The monoisotopic (exact) mass is 394 g/mol. The van der Waals surface area contributed by atoms with Gasteiger partial charge in [-0.05, 0) is 35.4 Å². The minimum absolute atomic E-state index is 0.498. The third-order valence-electron chi connectivity index (χ3n) is 3.83. The zero-order valence-corrected chi connectivity index (χ0v) is 16.8. The van der Waals surface area contributed by atoms with Gasteiger partial charge in [0.05, 0.1) is 26.4 Å². The van der Waals surface area contributed by atoms with Gasteiger partial charge in [0.2, 0.25) is 0 Å². The average Bonchev–Trinajstić information content (AvgIpc) is 2.68. The highest BCUT2D eigenvalue weighted by Gasteiger charge is 2.16. The zero-order valence-electron chi connectivity index (χ0n) is 15.1. The summed E-state index contributed by atoms with van der Waals surface area (Å²) in [4.78, 5) is 0. The first-order valence-electron chi connectivity index (χ1n) is 8.40. The first-order valence-corrected chi connectivity index (χ1v) is 10.7. The second kappa shape index (κ2) is 11.4. The molecule has 6 heteroatoms. The molecule has 0 spiro atoms. The van der Waals surface area contributed by atoms with Crippen molar-refractivity contribution in [3.8, 4) is 11.5 Å². The highest BCUT2D eigenvalue weighted by Crippen LogP contribution is 2.21. The Bertz CT molecular complexity index is 608. The highest BCUT2D eigenvalue weighted by molar-refractivity contribution is 7.98. The summed E-state index contributed by atoms with van der Waals surface area (Å²) >= 11 is 3.21. The lowest BCUT2D eigenvalue weighted by molar-refractivity contribution is 0.0500. The van der Waals surface area contributed by atoms with Gasteiger partial charge in [-0.1, -0.05) is 24.3 Å². The van der Waals surface area contributed by atoms with Crippen LogP contribution in [0.2, 0.25) is 0 Å². The lowest BCUT2D eigenvalue weighted by Crippen LogP contribution is -2.30. The van der Waals surface area contributed by atoms with Gasteiger partial charge in [-0.2, -0.15) is 23.5 Å². The highest BCUT2D eigenvalue weighted by atomic mass is 32.2. The van der Waals surface area contributed by atoms with Crippen LogP contribution < -0.4 is 9.47 Å². The van der Waals surface area contributed by atoms with Gasteiger partial charge < -0.3 is 19.7 Å². The molecule has 0 amide bonds. The van der Waals surface area contributed by atoms with Crippen LogP contribution in [0.25, 0.3) is 0 Å². The van der Waals surface area contributed by atoms with Gasteiger partial charge in [-0.15, -0.1) is 0 Å². The maximum atomic E-state index is 10.1. The molecule has 0 unspecified atom stereocenters. The van der Waals surface area contributed by atoms with Crippen molar-refractivity contribution < 1.29 is 19.7 Å². The molecule has 0 aliphatic carbocycles. The van der Waals surface area contributed by atoms with Gasteiger partial charge in [0, 0.05) is 23.0 Å². The molecule has 4 nitrogen and oxygen atoms in total. The summed E-state index contributed by atoms with van der Waals surface area (Å²) in [5, 5.41) is 20.3. The minimum atomic E-state index is -0.733. The Morgan fingerprint density at radius 3 is 1.58 bits per heavy atom. The van der Waals surface area contributed by atoms with Crippen molar-refractivity contribution in [3.63, 3.8) is 0 Å². The molecule has 0 bridgehead atoms. The van der Waals surface area contributed by atoms with E-state index < -0.39 is 12.2 Å². The molecule has 2 rings (SSSR count). The Balaban J connectivity index is 1.67. The molecular weight excluding hydrogens is 368 g/mol. The molecule has 142 valence electrons. The van der Waals surface area contributed by atoms with Crippen molar-refractivity contribution >= 4 is 23.5 Å². The third kappa shape index (κ3) is 7.11. The van der Waals surface area contributed by atoms with E-state index in [0.717, 1.165) is 34.1 Å². The summed E-state index contributed by atoms with van der Waals surface area (Å²) < 4.78 is 10.4. The van der Waals surface area contributed by atoms with Gasteiger partial charge in [-0.25, -0.2) is 0 Å². The number of thioether (sulfide) groups is 2. The molecular formula is C20H26O4S2. The molecule has 2 atom stereocenters. The summed E-state index contributed by atoms with van der Waals surface area (Å²) in [6.45, 7) is 0. The van der Waals surface area contributed by atoms with Gasteiger partial charge in [0.1, 0.15) is 11.5 Å². The second-order valence-corrected chi connectivity index (χ2v) is 7.93. The number of ether oxygens (including phenoxy) is 2. The Hall–Kier alpha value is -1.34. The molecule has 2 aromatic rings. The topological polar surface area (TPSA) is 58.9 Å². The average molecular weight is 395 g/mol. The van der Waals surface area contributed by atoms with Gasteiger partial charge in [0.25, 0.3) is 0 Å². The molecule has 2 N–H and O–H groups in total. The van der Waals surface area contributed by atoms with Gasteiger partial charge in [-0.3, -0.25) is 0 Å². The summed E-state index contributed by atoms with van der Waals surface area (Å²) in [6.07, 6.45) is -1.47. The van der Waals surface area contributed by atoms with E-state index in [1.807, 2.05) is 48.5 Å². The van der Waals surface area contributed by atoms with Crippen molar-refractivity contribution in [3.05, 3.63) is 59.7 Å². The Morgan fingerprint density at radius 1 is 0.769 bits per heavy atom. The molecule has 0 aromatic heterocycles. The largest absolute Gasteiger partial charge is 0.497 e. The minimum Gasteiger partial charge on any atom is -0.497 e. The number of hydrogen-bond donors (Lipinski definition) is 2. The van der Waals surface area contributed by atoms with Crippen LogP contribution in [0.15, 0.2) is 48.5 Å².